The van der Waals surface area contributed by atoms with E-state index in [1.54, 1.807) is 13.8 Å². The topological polar surface area (TPSA) is 63.3 Å². The van der Waals surface area contributed by atoms with Gasteiger partial charge in [0.05, 0.1) is 0 Å². The molecule has 0 saturated heterocycles. The van der Waals surface area contributed by atoms with Crippen molar-refractivity contribution in [1.29, 1.82) is 0 Å². The molecule has 0 aromatic carbocycles. The van der Waals surface area contributed by atoms with E-state index in [1.165, 1.54) is 0 Å². The van der Waals surface area contributed by atoms with Gasteiger partial charge in [-0.15, -0.1) is 0 Å². The number of carboxylic acid groups (broad SMARTS) is 1. The second kappa shape index (κ2) is 2.67. The van der Waals surface area contributed by atoms with Crippen molar-refractivity contribution in [2.45, 2.75) is 19.9 Å². The van der Waals surface area contributed by atoms with Crippen LogP contribution in [0.2, 0.25) is 0 Å². The Labute approximate surface area is 48.5 Å². The fourth-order valence-electron chi connectivity index (χ4n) is 0.285. The summed E-state index contributed by atoms with van der Waals surface area (Å²) in [6.45, 7) is 3.55. The number of hydrogen-bond acceptors (Lipinski definition) is 2. The van der Waals surface area contributed by atoms with E-state index in [4.69, 9.17) is 10.8 Å². The molecule has 0 aliphatic heterocycles. The van der Waals surface area contributed by atoms with Crippen molar-refractivity contribution in [1.82, 2.24) is 0 Å². The SMILES string of the molecule is CC(C)[C@H](N)[14C](=O)O. The maximum absolute atomic E-state index is 10.0. The van der Waals surface area contributed by atoms with E-state index in [2.05, 4.69) is 0 Å². The van der Waals surface area contributed by atoms with Crippen LogP contribution in [0.3, 0.4) is 0 Å². The summed E-state index contributed by atoms with van der Waals surface area (Å²) in [6, 6.07) is -0.713. The first-order valence-corrected chi connectivity index (χ1v) is 2.54. The van der Waals surface area contributed by atoms with Gasteiger partial charge in [-0.2, -0.15) is 0 Å². The van der Waals surface area contributed by atoms with Crippen LogP contribution in [0.5, 0.6) is 0 Å². The predicted molar refractivity (Wildman–Crippen MR) is 30.4 cm³/mol. The first-order chi connectivity index (χ1) is 3.55. The molecule has 3 N–H and O–H groups in total. The number of rotatable bonds is 2. The summed E-state index contributed by atoms with van der Waals surface area (Å²) >= 11 is 0. The molecule has 0 amide bonds. The van der Waals surface area contributed by atoms with Crippen LogP contribution in [0.1, 0.15) is 13.8 Å². The Bertz CT molecular complexity index is 90.4. The molecule has 8 heavy (non-hydrogen) atoms. The van der Waals surface area contributed by atoms with E-state index < -0.39 is 12.0 Å². The molecule has 0 heterocycles. The van der Waals surface area contributed by atoms with Crippen molar-refractivity contribution >= 4 is 5.97 Å². The monoisotopic (exact) mass is 119 g/mol. The maximum atomic E-state index is 10.0. The van der Waals surface area contributed by atoms with Crippen molar-refractivity contribution in [3.63, 3.8) is 0 Å². The van der Waals surface area contributed by atoms with E-state index in [0.29, 0.717) is 0 Å². The minimum absolute atomic E-state index is 0.0208. The van der Waals surface area contributed by atoms with Gasteiger partial charge in [0.25, 0.3) is 0 Å². The zero-order valence-electron chi connectivity index (χ0n) is 5.09. The summed E-state index contributed by atoms with van der Waals surface area (Å²) in [4.78, 5) is 10.0. The van der Waals surface area contributed by atoms with Gasteiger partial charge < -0.3 is 10.8 Å². The van der Waals surface area contributed by atoms with Gasteiger partial charge in [-0.05, 0) is 5.92 Å². The van der Waals surface area contributed by atoms with E-state index >= 15 is 0 Å². The number of carbonyl (C=O) groups is 1. The third-order valence-corrected chi connectivity index (χ3v) is 1.00. The number of aliphatic carboxylic acids is 1. The molecule has 0 spiro atoms. The highest BCUT2D eigenvalue weighted by Crippen LogP contribution is 1.96. The molecule has 48 valence electrons. The number of nitrogens with two attached hydrogens (primary N) is 1. The summed E-state index contributed by atoms with van der Waals surface area (Å²) in [5.74, 6) is -0.910. The van der Waals surface area contributed by atoms with Crippen LogP contribution < -0.4 is 5.73 Å². The second-order valence-corrected chi connectivity index (χ2v) is 2.11. The molecule has 3 nitrogen and oxygen atoms in total. The Morgan fingerprint density at radius 2 is 2.00 bits per heavy atom. The second-order valence-electron chi connectivity index (χ2n) is 2.11. The zero-order valence-corrected chi connectivity index (χ0v) is 5.09. The molecule has 0 rings (SSSR count). The van der Waals surface area contributed by atoms with Gasteiger partial charge in [0.15, 0.2) is 0 Å². The molecule has 0 aromatic rings. The predicted octanol–water partition coefficient (Wildman–Crippen LogP) is 0.0543. The van der Waals surface area contributed by atoms with Crippen LogP contribution in [0, 0.1) is 5.92 Å². The first-order valence-electron chi connectivity index (χ1n) is 2.54. The Morgan fingerprint density at radius 3 is 2.00 bits per heavy atom. The molecular weight excluding hydrogens is 108 g/mol. The Kier molecular flexibility index (Phi) is 2.48. The van der Waals surface area contributed by atoms with Crippen molar-refractivity contribution in [3.8, 4) is 0 Å². The smallest absolute Gasteiger partial charge is 0.320 e. The third kappa shape index (κ3) is 1.93. The Balaban J connectivity index is 3.64. The minimum Gasteiger partial charge on any atom is -0.480 e. The highest BCUT2D eigenvalue weighted by Gasteiger charge is 2.14. The molecule has 0 aliphatic rings. The fraction of sp³-hybridized carbons (Fsp3) is 0.800. The molecule has 0 aromatic heterocycles. The quantitative estimate of drug-likeness (QED) is 0.540. The number of carboxylic acids is 1. The van der Waals surface area contributed by atoms with Crippen LogP contribution in [0.25, 0.3) is 0 Å². The molecule has 0 fully saturated rings. The number of hydrogen-bond donors (Lipinski definition) is 2. The molecule has 0 aliphatic carbocycles. The third-order valence-electron chi connectivity index (χ3n) is 1.00. The lowest BCUT2D eigenvalue weighted by molar-refractivity contribution is -0.139. The van der Waals surface area contributed by atoms with Crippen molar-refractivity contribution in [2.24, 2.45) is 11.7 Å². The standard InChI is InChI=1S/C5H11NO2/c1-3(2)4(6)5(7)8/h3-4H,6H2,1-2H3,(H,7,8)/t4-/m0/s1/i5+2. The van der Waals surface area contributed by atoms with Crippen LogP contribution in [0.4, 0.5) is 0 Å². The average molecular weight is 119 g/mol. The lowest BCUT2D eigenvalue weighted by Crippen LogP contribution is -2.34. The van der Waals surface area contributed by atoms with Crippen molar-refractivity contribution in [2.75, 3.05) is 0 Å². The summed E-state index contributed by atoms with van der Waals surface area (Å²) in [5.41, 5.74) is 5.16. The fourth-order valence-corrected chi connectivity index (χ4v) is 0.285. The van der Waals surface area contributed by atoms with Crippen molar-refractivity contribution < 1.29 is 9.90 Å². The van der Waals surface area contributed by atoms with Crippen LogP contribution in [-0.4, -0.2) is 17.1 Å². The van der Waals surface area contributed by atoms with E-state index in [-0.39, 0.29) is 5.92 Å². The normalized spacial score (nSPS) is 14.0. The molecule has 1 atom stereocenters. The summed E-state index contributed by atoms with van der Waals surface area (Å²) in [7, 11) is 0. The molecule has 0 bridgehead atoms. The van der Waals surface area contributed by atoms with Crippen LogP contribution in [0.15, 0.2) is 0 Å². The summed E-state index contributed by atoms with van der Waals surface area (Å²) < 4.78 is 0. The largest absolute Gasteiger partial charge is 0.480 e. The van der Waals surface area contributed by atoms with Gasteiger partial charge in [-0.1, -0.05) is 13.8 Å². The van der Waals surface area contributed by atoms with Gasteiger partial charge in [0.1, 0.15) is 6.04 Å². The summed E-state index contributed by atoms with van der Waals surface area (Å²) in [6.07, 6.45) is 0. The highest BCUT2D eigenvalue weighted by atomic mass is 16.6. The molecule has 0 radical (unpaired) electrons. The maximum Gasteiger partial charge on any atom is 0.320 e. The molecular formula is C5H11NO2. The van der Waals surface area contributed by atoms with E-state index in [0.717, 1.165) is 0 Å². The lowest BCUT2D eigenvalue weighted by Gasteiger charge is -2.07. The Hall–Kier alpha value is -0.570. The lowest BCUT2D eigenvalue weighted by atomic mass is 10.2. The average Bonchev–Trinajstić information content (AvgIpc) is 1.64. The highest BCUT2D eigenvalue weighted by molar-refractivity contribution is 5.73. The van der Waals surface area contributed by atoms with Crippen LogP contribution >= 0.6 is 0 Å². The molecule has 0 unspecified atom stereocenters. The van der Waals surface area contributed by atoms with Gasteiger partial charge in [0, 0.05) is 0 Å². The van der Waals surface area contributed by atoms with Crippen LogP contribution in [-0.2, 0) is 4.79 Å². The van der Waals surface area contributed by atoms with E-state index in [1.807, 2.05) is 0 Å². The van der Waals surface area contributed by atoms with Gasteiger partial charge >= 0.3 is 5.97 Å². The molecule has 3 heteroatoms. The Morgan fingerprint density at radius 1 is 1.62 bits per heavy atom. The zero-order chi connectivity index (χ0) is 6.73. The van der Waals surface area contributed by atoms with Gasteiger partial charge in [-0.3, -0.25) is 4.79 Å². The molecule has 0 saturated carbocycles. The van der Waals surface area contributed by atoms with Gasteiger partial charge in [0.2, 0.25) is 0 Å². The first kappa shape index (κ1) is 7.43. The summed E-state index contributed by atoms with van der Waals surface area (Å²) in [5, 5.41) is 8.23. The minimum atomic E-state index is -0.931. The van der Waals surface area contributed by atoms with Gasteiger partial charge in [-0.25, -0.2) is 0 Å². The van der Waals surface area contributed by atoms with E-state index in [9.17, 15) is 4.79 Å². The van der Waals surface area contributed by atoms with Crippen molar-refractivity contribution in [3.05, 3.63) is 0 Å².